The Bertz CT molecular complexity index is 454. The lowest BCUT2D eigenvalue weighted by Crippen LogP contribution is -2.11. The van der Waals surface area contributed by atoms with Crippen LogP contribution in [-0.2, 0) is 14.3 Å². The van der Waals surface area contributed by atoms with Gasteiger partial charge in [-0.1, -0.05) is 135 Å². The lowest BCUT2D eigenvalue weighted by Gasteiger charge is -2.06. The van der Waals surface area contributed by atoms with Gasteiger partial charge in [-0.25, -0.2) is 0 Å². The smallest absolute Gasteiger partial charge is 0.267 e. The Morgan fingerprint density at radius 1 is 0.500 bits per heavy atom. The zero-order chi connectivity index (χ0) is 23.6. The van der Waals surface area contributed by atoms with Crippen LogP contribution in [0.15, 0.2) is 0 Å². The summed E-state index contributed by atoms with van der Waals surface area (Å²) in [6, 6.07) is 0. The van der Waals surface area contributed by atoms with Crippen molar-refractivity contribution in [2.45, 2.75) is 155 Å². The van der Waals surface area contributed by atoms with E-state index in [1.165, 1.54) is 96.3 Å². The molecule has 194 valence electrons. The lowest BCUT2D eigenvalue weighted by molar-refractivity contribution is 0.305. The average molecular weight is 479 g/mol. The third-order valence-corrected chi connectivity index (χ3v) is 7.60. The molecule has 0 aromatic rings. The number of alkyl halides is 1. The van der Waals surface area contributed by atoms with Crippen LogP contribution in [0, 0.1) is 0 Å². The van der Waals surface area contributed by atoms with Gasteiger partial charge in [-0.15, -0.1) is 0 Å². The molecular formula is C27H55FO3S. The van der Waals surface area contributed by atoms with Gasteiger partial charge in [0.1, 0.15) is 0 Å². The molecule has 0 unspecified atom stereocenters. The maximum Gasteiger partial charge on any atom is 0.267 e. The van der Waals surface area contributed by atoms with E-state index in [9.17, 15) is 12.8 Å². The molecule has 0 spiro atoms. The highest BCUT2D eigenvalue weighted by atomic mass is 32.2. The van der Waals surface area contributed by atoms with E-state index in [2.05, 4.69) is 6.92 Å². The first-order chi connectivity index (χ1) is 15.6. The van der Waals surface area contributed by atoms with Crippen molar-refractivity contribution in [2.75, 3.05) is 19.0 Å². The van der Waals surface area contributed by atoms with Gasteiger partial charge in [0.25, 0.3) is 10.1 Å². The highest BCUT2D eigenvalue weighted by Crippen LogP contribution is 2.14. The summed E-state index contributed by atoms with van der Waals surface area (Å²) in [4.78, 5) is 0. The molecule has 32 heavy (non-hydrogen) atoms. The van der Waals surface area contributed by atoms with Gasteiger partial charge in [0.2, 0.25) is 0 Å². The summed E-state index contributed by atoms with van der Waals surface area (Å²) >= 11 is 0. The molecule has 0 amide bonds. The van der Waals surface area contributed by atoms with E-state index in [-0.39, 0.29) is 12.4 Å². The van der Waals surface area contributed by atoms with E-state index >= 15 is 0 Å². The average Bonchev–Trinajstić information content (AvgIpc) is 2.77. The van der Waals surface area contributed by atoms with Crippen molar-refractivity contribution in [1.82, 2.24) is 0 Å². The molecule has 0 radical (unpaired) electrons. The van der Waals surface area contributed by atoms with Crippen LogP contribution in [0.25, 0.3) is 0 Å². The summed E-state index contributed by atoms with van der Waals surface area (Å²) in [5.41, 5.74) is 0. The Morgan fingerprint density at radius 3 is 1.25 bits per heavy atom. The number of unbranched alkanes of at least 4 members (excludes halogenated alkanes) is 21. The minimum absolute atomic E-state index is 0.161. The molecule has 0 aliphatic rings. The Kier molecular flexibility index (Phi) is 25.3. The first-order valence-corrected chi connectivity index (χ1v) is 15.6. The van der Waals surface area contributed by atoms with Gasteiger partial charge in [0.15, 0.2) is 0 Å². The molecule has 0 rings (SSSR count). The Morgan fingerprint density at radius 2 is 0.844 bits per heavy atom. The molecule has 0 N–H and O–H groups in total. The standard InChI is InChI=1S/C27H55FO3S/c1-2-3-4-5-6-7-8-9-11-14-17-20-23-26-31-32(29,30)27-24-21-18-15-12-10-13-16-19-22-25-28/h2-27H2,1H3. The minimum atomic E-state index is -3.34. The second-order valence-electron chi connectivity index (χ2n) is 9.55. The zero-order valence-electron chi connectivity index (χ0n) is 21.4. The van der Waals surface area contributed by atoms with Crippen molar-refractivity contribution < 1.29 is 17.0 Å². The van der Waals surface area contributed by atoms with Crippen LogP contribution < -0.4 is 0 Å². The predicted octanol–water partition coefficient (Wildman–Crippen LogP) is 9.29. The number of hydrogen-bond acceptors (Lipinski definition) is 3. The molecule has 0 aliphatic heterocycles. The van der Waals surface area contributed by atoms with Gasteiger partial charge in [-0.05, 0) is 19.3 Å². The maximum atomic E-state index is 12.0. The maximum absolute atomic E-state index is 12.0. The van der Waals surface area contributed by atoms with Crippen molar-refractivity contribution in [2.24, 2.45) is 0 Å². The summed E-state index contributed by atoms with van der Waals surface area (Å²) in [5, 5.41) is 0. The summed E-state index contributed by atoms with van der Waals surface area (Å²) in [6.07, 6.45) is 27.1. The fourth-order valence-electron chi connectivity index (χ4n) is 4.15. The third-order valence-electron chi connectivity index (χ3n) is 6.29. The van der Waals surface area contributed by atoms with Crippen molar-refractivity contribution in [1.29, 1.82) is 0 Å². The Hall–Kier alpha value is -0.160. The van der Waals surface area contributed by atoms with Gasteiger partial charge in [0, 0.05) is 0 Å². The van der Waals surface area contributed by atoms with E-state index < -0.39 is 10.1 Å². The summed E-state index contributed by atoms with van der Waals surface area (Å²) < 4.78 is 41.1. The summed E-state index contributed by atoms with van der Waals surface area (Å²) in [7, 11) is -3.34. The molecule has 0 heterocycles. The third kappa shape index (κ3) is 26.1. The van der Waals surface area contributed by atoms with Crippen LogP contribution in [-0.4, -0.2) is 27.5 Å². The zero-order valence-corrected chi connectivity index (χ0v) is 22.2. The van der Waals surface area contributed by atoms with Gasteiger partial charge in [-0.2, -0.15) is 8.42 Å². The first kappa shape index (κ1) is 31.8. The Labute approximate surface area is 200 Å². The highest BCUT2D eigenvalue weighted by Gasteiger charge is 2.10. The van der Waals surface area contributed by atoms with E-state index in [1.807, 2.05) is 0 Å². The molecule has 0 saturated carbocycles. The first-order valence-electron chi connectivity index (χ1n) is 14.1. The number of halogens is 1. The summed E-state index contributed by atoms with van der Waals surface area (Å²) in [5.74, 6) is 0.161. The van der Waals surface area contributed by atoms with E-state index in [4.69, 9.17) is 4.18 Å². The van der Waals surface area contributed by atoms with Gasteiger partial charge >= 0.3 is 0 Å². The lowest BCUT2D eigenvalue weighted by atomic mass is 10.0. The Balaban J connectivity index is 3.30. The highest BCUT2D eigenvalue weighted by molar-refractivity contribution is 7.86. The van der Waals surface area contributed by atoms with Crippen LogP contribution in [0.1, 0.15) is 155 Å². The van der Waals surface area contributed by atoms with Crippen LogP contribution in [0.4, 0.5) is 4.39 Å². The molecule has 0 atom stereocenters. The van der Waals surface area contributed by atoms with Crippen molar-refractivity contribution in [3.63, 3.8) is 0 Å². The van der Waals surface area contributed by atoms with Crippen molar-refractivity contribution in [3.8, 4) is 0 Å². The second-order valence-corrected chi connectivity index (χ2v) is 11.3. The topological polar surface area (TPSA) is 43.4 Å². The number of rotatable bonds is 27. The SMILES string of the molecule is CCCCCCCCCCCCCCCOS(=O)(=O)CCCCCCCCCCCCF. The molecule has 5 heteroatoms. The van der Waals surface area contributed by atoms with E-state index in [0.717, 1.165) is 38.5 Å². The number of hydrogen-bond donors (Lipinski definition) is 0. The fraction of sp³-hybridized carbons (Fsp3) is 1.00. The van der Waals surface area contributed by atoms with Crippen LogP contribution >= 0.6 is 0 Å². The molecule has 0 aromatic carbocycles. The van der Waals surface area contributed by atoms with Crippen LogP contribution in [0.5, 0.6) is 0 Å². The molecule has 3 nitrogen and oxygen atoms in total. The largest absolute Gasteiger partial charge is 0.270 e. The summed E-state index contributed by atoms with van der Waals surface area (Å²) in [6.45, 7) is 2.42. The molecule has 0 aliphatic carbocycles. The van der Waals surface area contributed by atoms with Gasteiger partial charge in [0.05, 0.1) is 19.0 Å². The molecule has 0 fully saturated rings. The second kappa shape index (κ2) is 25.5. The van der Waals surface area contributed by atoms with E-state index in [0.29, 0.717) is 19.4 Å². The molecule has 0 saturated heterocycles. The van der Waals surface area contributed by atoms with Crippen molar-refractivity contribution >= 4 is 10.1 Å². The normalized spacial score (nSPS) is 11.9. The van der Waals surface area contributed by atoms with Crippen LogP contribution in [0.3, 0.4) is 0 Å². The molecular weight excluding hydrogens is 423 g/mol. The van der Waals surface area contributed by atoms with Gasteiger partial charge < -0.3 is 0 Å². The molecule has 0 bridgehead atoms. The fourth-order valence-corrected chi connectivity index (χ4v) is 5.20. The monoisotopic (exact) mass is 478 g/mol. The van der Waals surface area contributed by atoms with E-state index in [1.54, 1.807) is 0 Å². The molecule has 0 aromatic heterocycles. The predicted molar refractivity (Wildman–Crippen MR) is 138 cm³/mol. The van der Waals surface area contributed by atoms with Gasteiger partial charge in [-0.3, -0.25) is 8.57 Å². The van der Waals surface area contributed by atoms with Crippen molar-refractivity contribution in [3.05, 3.63) is 0 Å². The quantitative estimate of drug-likeness (QED) is 0.0872. The van der Waals surface area contributed by atoms with Crippen LogP contribution in [0.2, 0.25) is 0 Å². The minimum Gasteiger partial charge on any atom is -0.270 e.